The molecule has 0 amide bonds. The molecule has 1 heterocycles. The SMILES string of the molecule is C[C@@H]1C[C@H]2[C@@H]3CCC4=CC(=O)C=C[C@]4(C)[C@H]3C(=O)C[C@]2(C)[C@@]1(OC(=O)c1ccco1)C(=O)CCl. The number of alkyl halides is 1. The van der Waals surface area contributed by atoms with E-state index in [1.807, 2.05) is 26.8 Å². The van der Waals surface area contributed by atoms with Crippen LogP contribution in [0.1, 0.15) is 57.0 Å². The summed E-state index contributed by atoms with van der Waals surface area (Å²) in [6, 6.07) is 3.08. The highest BCUT2D eigenvalue weighted by Crippen LogP contribution is 2.68. The van der Waals surface area contributed by atoms with Gasteiger partial charge >= 0.3 is 5.97 Å². The minimum absolute atomic E-state index is 0.00818. The van der Waals surface area contributed by atoms with Gasteiger partial charge in [-0.2, -0.15) is 0 Å². The fraction of sp³-hybridized carbons (Fsp3) is 0.556. The summed E-state index contributed by atoms with van der Waals surface area (Å²) in [5, 5.41) is 0. The van der Waals surface area contributed by atoms with E-state index in [1.165, 1.54) is 12.3 Å². The molecule has 5 rings (SSSR count). The fourth-order valence-electron chi connectivity index (χ4n) is 7.91. The molecule has 6 nitrogen and oxygen atoms in total. The van der Waals surface area contributed by atoms with E-state index < -0.39 is 22.4 Å². The Kier molecular flexibility index (Phi) is 5.32. The molecule has 7 atom stereocenters. The van der Waals surface area contributed by atoms with Crippen LogP contribution in [0.15, 0.2) is 46.6 Å². The highest BCUT2D eigenvalue weighted by atomic mass is 35.5. The van der Waals surface area contributed by atoms with Gasteiger partial charge in [0.1, 0.15) is 5.78 Å². The molecule has 1 aromatic rings. The number of rotatable bonds is 4. The maximum Gasteiger partial charge on any atom is 0.375 e. The Balaban J connectivity index is 1.58. The lowest BCUT2D eigenvalue weighted by molar-refractivity contribution is -0.171. The van der Waals surface area contributed by atoms with E-state index in [0.717, 1.165) is 18.4 Å². The summed E-state index contributed by atoms with van der Waals surface area (Å²) in [4.78, 5) is 52.4. The summed E-state index contributed by atoms with van der Waals surface area (Å²) in [5.74, 6) is -1.96. The lowest BCUT2D eigenvalue weighted by Gasteiger charge is -2.57. The number of hydrogen-bond donors (Lipinski definition) is 0. The fourth-order valence-corrected chi connectivity index (χ4v) is 8.11. The summed E-state index contributed by atoms with van der Waals surface area (Å²) in [6.45, 7) is 5.88. The molecule has 1 aromatic heterocycles. The number of carbonyl (C=O) groups excluding carboxylic acids is 4. The van der Waals surface area contributed by atoms with E-state index in [2.05, 4.69) is 0 Å². The van der Waals surface area contributed by atoms with Gasteiger partial charge < -0.3 is 9.15 Å². The lowest BCUT2D eigenvalue weighted by atomic mass is 9.46. The summed E-state index contributed by atoms with van der Waals surface area (Å²) >= 11 is 6.09. The minimum Gasteiger partial charge on any atom is -0.457 e. The molecule has 7 heteroatoms. The van der Waals surface area contributed by atoms with Crippen LogP contribution in [0.4, 0.5) is 0 Å². The molecule has 4 aliphatic carbocycles. The molecule has 0 unspecified atom stereocenters. The van der Waals surface area contributed by atoms with Crippen LogP contribution >= 0.6 is 11.6 Å². The number of ether oxygens (including phenoxy) is 1. The van der Waals surface area contributed by atoms with Crippen molar-refractivity contribution < 1.29 is 28.3 Å². The molecule has 34 heavy (non-hydrogen) atoms. The van der Waals surface area contributed by atoms with Crippen molar-refractivity contribution in [2.75, 3.05) is 5.88 Å². The van der Waals surface area contributed by atoms with E-state index in [9.17, 15) is 19.2 Å². The summed E-state index contributed by atoms with van der Waals surface area (Å²) in [5.41, 5.74) is -1.90. The van der Waals surface area contributed by atoms with E-state index >= 15 is 0 Å². The van der Waals surface area contributed by atoms with Crippen LogP contribution in [0.2, 0.25) is 0 Å². The Bertz CT molecular complexity index is 1130. The highest BCUT2D eigenvalue weighted by molar-refractivity contribution is 6.29. The number of ketones is 3. The number of esters is 1. The van der Waals surface area contributed by atoms with Crippen molar-refractivity contribution in [3.63, 3.8) is 0 Å². The Labute approximate surface area is 203 Å². The van der Waals surface area contributed by atoms with Crippen LogP contribution in [0.3, 0.4) is 0 Å². The van der Waals surface area contributed by atoms with E-state index in [1.54, 1.807) is 18.2 Å². The maximum absolute atomic E-state index is 13.9. The van der Waals surface area contributed by atoms with Crippen molar-refractivity contribution in [2.45, 2.75) is 52.1 Å². The molecule has 3 fully saturated rings. The molecule has 0 radical (unpaired) electrons. The van der Waals surface area contributed by atoms with Crippen LogP contribution < -0.4 is 0 Å². The Morgan fingerprint density at radius 2 is 2.03 bits per heavy atom. The molecule has 180 valence electrons. The van der Waals surface area contributed by atoms with Crippen LogP contribution in [0.5, 0.6) is 0 Å². The Morgan fingerprint density at radius 1 is 1.26 bits per heavy atom. The first-order valence-corrected chi connectivity index (χ1v) is 12.4. The average Bonchev–Trinajstić information content (AvgIpc) is 3.40. The van der Waals surface area contributed by atoms with Gasteiger partial charge in [0, 0.05) is 29.1 Å². The topological polar surface area (TPSA) is 90.7 Å². The molecule has 3 saturated carbocycles. The zero-order chi connectivity index (χ0) is 24.5. The molecular weight excluding hydrogens is 456 g/mol. The van der Waals surface area contributed by atoms with Crippen LogP contribution in [0, 0.1) is 34.5 Å². The quantitative estimate of drug-likeness (QED) is 0.454. The monoisotopic (exact) mass is 484 g/mol. The second-order valence-corrected chi connectivity index (χ2v) is 11.1. The first-order chi connectivity index (χ1) is 16.1. The van der Waals surface area contributed by atoms with Crippen molar-refractivity contribution in [1.29, 1.82) is 0 Å². The number of furan rings is 1. The predicted octanol–water partition coefficient (Wildman–Crippen LogP) is 4.72. The van der Waals surface area contributed by atoms with Crippen molar-refractivity contribution >= 4 is 34.9 Å². The smallest absolute Gasteiger partial charge is 0.375 e. The molecule has 0 saturated heterocycles. The van der Waals surface area contributed by atoms with Gasteiger partial charge in [-0.1, -0.05) is 32.4 Å². The van der Waals surface area contributed by atoms with Crippen molar-refractivity contribution in [3.8, 4) is 0 Å². The summed E-state index contributed by atoms with van der Waals surface area (Å²) in [7, 11) is 0. The van der Waals surface area contributed by atoms with Crippen molar-refractivity contribution in [1.82, 2.24) is 0 Å². The van der Waals surface area contributed by atoms with Gasteiger partial charge in [-0.3, -0.25) is 14.4 Å². The summed E-state index contributed by atoms with van der Waals surface area (Å²) < 4.78 is 11.3. The highest BCUT2D eigenvalue weighted by Gasteiger charge is 2.72. The number of fused-ring (bicyclic) bond motifs is 5. The Hall–Kier alpha value is -2.47. The third-order valence-corrected chi connectivity index (χ3v) is 9.55. The van der Waals surface area contributed by atoms with E-state index in [4.69, 9.17) is 20.8 Å². The number of hydrogen-bond acceptors (Lipinski definition) is 6. The van der Waals surface area contributed by atoms with Gasteiger partial charge in [0.05, 0.1) is 12.1 Å². The largest absolute Gasteiger partial charge is 0.457 e. The van der Waals surface area contributed by atoms with E-state index in [0.29, 0.717) is 6.42 Å². The van der Waals surface area contributed by atoms with Gasteiger partial charge in [-0.15, -0.1) is 11.6 Å². The lowest BCUT2D eigenvalue weighted by Crippen LogP contribution is -2.63. The number of Topliss-reactive ketones (excluding diaryl/α,β-unsaturated/α-hetero) is 2. The van der Waals surface area contributed by atoms with Gasteiger partial charge in [0.15, 0.2) is 17.2 Å². The van der Waals surface area contributed by atoms with Crippen molar-refractivity contribution in [3.05, 3.63) is 48.0 Å². The zero-order valence-electron chi connectivity index (χ0n) is 19.6. The first kappa shape index (κ1) is 23.3. The van der Waals surface area contributed by atoms with Gasteiger partial charge in [-0.25, -0.2) is 4.79 Å². The molecule has 4 aliphatic rings. The Morgan fingerprint density at radius 3 is 2.71 bits per heavy atom. The van der Waals surface area contributed by atoms with Gasteiger partial charge in [0.2, 0.25) is 5.76 Å². The second-order valence-electron chi connectivity index (χ2n) is 10.8. The molecule has 0 spiro atoms. The van der Waals surface area contributed by atoms with Crippen LogP contribution in [0.25, 0.3) is 0 Å². The predicted molar refractivity (Wildman–Crippen MR) is 124 cm³/mol. The molecule has 0 bridgehead atoms. The zero-order valence-corrected chi connectivity index (χ0v) is 20.4. The molecule has 0 N–H and O–H groups in total. The normalized spacial score (nSPS) is 40.8. The molecular formula is C27H29ClO6. The number of carbonyl (C=O) groups is 4. The minimum atomic E-state index is -1.51. The van der Waals surface area contributed by atoms with Crippen LogP contribution in [-0.2, 0) is 19.1 Å². The third kappa shape index (κ3) is 2.93. The molecule has 0 aromatic carbocycles. The van der Waals surface area contributed by atoms with Crippen LogP contribution in [-0.4, -0.2) is 34.8 Å². The third-order valence-electron chi connectivity index (χ3n) is 9.31. The van der Waals surface area contributed by atoms with Crippen molar-refractivity contribution in [2.24, 2.45) is 34.5 Å². The maximum atomic E-state index is 13.9. The number of allylic oxidation sites excluding steroid dienone is 4. The van der Waals surface area contributed by atoms with Gasteiger partial charge in [-0.05, 0) is 55.4 Å². The second kappa shape index (κ2) is 7.77. The van der Waals surface area contributed by atoms with Gasteiger partial charge in [0.25, 0.3) is 0 Å². The first-order valence-electron chi connectivity index (χ1n) is 11.9. The van der Waals surface area contributed by atoms with E-state index in [-0.39, 0.29) is 59.1 Å². The number of halogens is 1. The standard InChI is InChI=1S/C27H29ClO6/c1-15-11-19-18-7-6-16-12-17(29)8-9-25(16,2)23(18)20(30)13-26(19,3)27(15,22(31)14-28)34-24(32)21-5-4-10-33-21/h4-5,8-10,12,15,18-19,23H,6-7,11,13-14H2,1-3H3/t15-,18+,19+,23-,25+,26+,27+/m1/s1. The summed E-state index contributed by atoms with van der Waals surface area (Å²) in [6.07, 6.45) is 8.76. The molecule has 0 aliphatic heterocycles. The average molecular weight is 485 g/mol.